The number of hydrogen-bond acceptors (Lipinski definition) is 5. The summed E-state index contributed by atoms with van der Waals surface area (Å²) in [5.41, 5.74) is 1.00. The summed E-state index contributed by atoms with van der Waals surface area (Å²) in [6.07, 6.45) is 4.74. The molecule has 11 heteroatoms. The van der Waals surface area contributed by atoms with Crippen molar-refractivity contribution in [3.8, 4) is 0 Å². The molecule has 1 N–H and O–H groups in total. The maximum atomic E-state index is 14.0. The highest BCUT2D eigenvalue weighted by atomic mass is 35.5. The van der Waals surface area contributed by atoms with Crippen molar-refractivity contribution in [2.75, 3.05) is 5.32 Å². The predicted molar refractivity (Wildman–Crippen MR) is 108 cm³/mol. The van der Waals surface area contributed by atoms with Crippen molar-refractivity contribution < 1.29 is 13.7 Å². The Labute approximate surface area is 180 Å². The third-order valence-corrected chi connectivity index (χ3v) is 4.93. The van der Waals surface area contributed by atoms with Gasteiger partial charge in [0.1, 0.15) is 11.6 Å². The highest BCUT2D eigenvalue weighted by molar-refractivity contribution is 6.31. The monoisotopic (exact) mass is 448 g/mol. The fourth-order valence-corrected chi connectivity index (χ4v) is 3.26. The van der Waals surface area contributed by atoms with Crippen molar-refractivity contribution in [1.82, 2.24) is 24.7 Å². The van der Waals surface area contributed by atoms with Gasteiger partial charge >= 0.3 is 0 Å². The van der Waals surface area contributed by atoms with Crippen LogP contribution in [-0.4, -0.2) is 30.6 Å². The summed E-state index contributed by atoms with van der Waals surface area (Å²) >= 11 is 11.9. The van der Waals surface area contributed by atoms with Crippen LogP contribution in [0.15, 0.2) is 47.4 Å². The molecule has 0 aliphatic heterocycles. The molecule has 0 unspecified atom stereocenters. The average molecular weight is 449 g/mol. The Morgan fingerprint density at radius 1 is 1.20 bits per heavy atom. The van der Waals surface area contributed by atoms with E-state index in [-0.39, 0.29) is 24.6 Å². The minimum absolute atomic E-state index is 0.117. The number of amides is 1. The van der Waals surface area contributed by atoms with Gasteiger partial charge in [0.05, 0.1) is 24.3 Å². The van der Waals surface area contributed by atoms with Gasteiger partial charge in [0.25, 0.3) is 5.91 Å². The van der Waals surface area contributed by atoms with Gasteiger partial charge in [-0.15, -0.1) is 0 Å². The molecule has 1 amide bonds. The van der Waals surface area contributed by atoms with Gasteiger partial charge < -0.3 is 9.84 Å². The largest absolute Gasteiger partial charge is 0.361 e. The molecule has 0 aliphatic rings. The molecule has 8 nitrogen and oxygen atoms in total. The molecule has 4 aromatic rings. The molecule has 0 aliphatic carbocycles. The van der Waals surface area contributed by atoms with Gasteiger partial charge in [-0.2, -0.15) is 10.2 Å². The van der Waals surface area contributed by atoms with Gasteiger partial charge in [0.15, 0.2) is 11.5 Å². The number of nitrogens with zero attached hydrogens (tertiary/aromatic N) is 5. The normalized spacial score (nSPS) is 11.1. The van der Waals surface area contributed by atoms with E-state index in [9.17, 15) is 9.18 Å². The second-order valence-electron chi connectivity index (χ2n) is 6.47. The number of rotatable bonds is 6. The maximum Gasteiger partial charge on any atom is 0.279 e. The Hall–Kier alpha value is -3.17. The lowest BCUT2D eigenvalue weighted by atomic mass is 10.2. The number of nitrogens with one attached hydrogen (secondary N) is 1. The van der Waals surface area contributed by atoms with E-state index in [4.69, 9.17) is 27.7 Å². The van der Waals surface area contributed by atoms with Crippen molar-refractivity contribution in [3.05, 3.63) is 81.3 Å². The Balaban J connectivity index is 1.49. The second kappa shape index (κ2) is 8.29. The third-order valence-electron chi connectivity index (χ3n) is 4.39. The van der Waals surface area contributed by atoms with Crippen molar-refractivity contribution in [1.29, 1.82) is 0 Å². The highest BCUT2D eigenvalue weighted by Crippen LogP contribution is 2.21. The van der Waals surface area contributed by atoms with E-state index in [1.54, 1.807) is 36.1 Å². The third kappa shape index (κ3) is 4.22. The summed E-state index contributed by atoms with van der Waals surface area (Å²) in [6.45, 7) is 2.10. The second-order valence-corrected chi connectivity index (χ2v) is 7.32. The molecular formula is C19H15Cl2FN6O2. The van der Waals surface area contributed by atoms with Crippen molar-refractivity contribution in [2.24, 2.45) is 0 Å². The molecule has 3 aromatic heterocycles. The van der Waals surface area contributed by atoms with Crippen molar-refractivity contribution in [3.63, 3.8) is 0 Å². The van der Waals surface area contributed by atoms with Crippen LogP contribution in [0, 0.1) is 12.7 Å². The fraction of sp³-hybridized carbons (Fsp3) is 0.158. The van der Waals surface area contributed by atoms with E-state index in [1.165, 1.54) is 23.0 Å². The van der Waals surface area contributed by atoms with Gasteiger partial charge in [-0.25, -0.2) is 4.39 Å². The maximum absolute atomic E-state index is 14.0. The highest BCUT2D eigenvalue weighted by Gasteiger charge is 2.21. The lowest BCUT2D eigenvalue weighted by molar-refractivity contribution is 0.101. The van der Waals surface area contributed by atoms with E-state index < -0.39 is 11.7 Å². The molecule has 1 aromatic carbocycles. The van der Waals surface area contributed by atoms with Gasteiger partial charge in [0.2, 0.25) is 0 Å². The number of hydrogen-bond donors (Lipinski definition) is 1. The molecule has 0 radical (unpaired) electrons. The number of carbonyl (C=O) groups excluding carboxylic acids is 1. The van der Waals surface area contributed by atoms with Crippen LogP contribution in [0.2, 0.25) is 10.0 Å². The lowest BCUT2D eigenvalue weighted by Gasteiger charge is -2.06. The Morgan fingerprint density at radius 2 is 2.00 bits per heavy atom. The minimum atomic E-state index is -0.491. The number of benzene rings is 1. The van der Waals surface area contributed by atoms with Gasteiger partial charge in [-0.3, -0.25) is 14.2 Å². The van der Waals surface area contributed by atoms with E-state index >= 15 is 0 Å². The van der Waals surface area contributed by atoms with E-state index in [1.807, 2.05) is 0 Å². The number of aryl methyl sites for hydroxylation is 1. The van der Waals surface area contributed by atoms with Gasteiger partial charge in [-0.05, 0) is 19.1 Å². The van der Waals surface area contributed by atoms with Crippen LogP contribution in [0.4, 0.5) is 10.2 Å². The first-order valence-corrected chi connectivity index (χ1v) is 9.57. The first kappa shape index (κ1) is 20.1. The number of anilines is 1. The van der Waals surface area contributed by atoms with Gasteiger partial charge in [-0.1, -0.05) is 34.4 Å². The smallest absolute Gasteiger partial charge is 0.279 e. The molecular weight excluding hydrogens is 434 g/mol. The van der Waals surface area contributed by atoms with Crippen LogP contribution < -0.4 is 5.32 Å². The molecule has 0 atom stereocenters. The molecule has 0 spiro atoms. The van der Waals surface area contributed by atoms with Crippen LogP contribution in [0.1, 0.15) is 27.4 Å². The summed E-state index contributed by atoms with van der Waals surface area (Å²) in [5.74, 6) is -0.146. The van der Waals surface area contributed by atoms with E-state index in [0.29, 0.717) is 26.9 Å². The molecule has 4 rings (SSSR count). The van der Waals surface area contributed by atoms with Crippen molar-refractivity contribution in [2.45, 2.75) is 20.0 Å². The summed E-state index contributed by atoms with van der Waals surface area (Å²) < 4.78 is 22.2. The van der Waals surface area contributed by atoms with Crippen LogP contribution in [0.3, 0.4) is 0 Å². The molecule has 0 fully saturated rings. The standard InChI is InChI=1S/C19H15Cl2FN6O2/c1-11-13(9-28-8-12(20)7-23-28)18(26-30-11)19(29)24-17-5-6-27(25-17)10-14-15(21)3-2-4-16(14)22/h2-8H,9-10H2,1H3,(H,24,25,29). The molecule has 0 bridgehead atoms. The Morgan fingerprint density at radius 3 is 2.73 bits per heavy atom. The first-order valence-electron chi connectivity index (χ1n) is 8.81. The zero-order valence-electron chi connectivity index (χ0n) is 15.6. The molecule has 30 heavy (non-hydrogen) atoms. The summed E-state index contributed by atoms with van der Waals surface area (Å²) in [7, 11) is 0. The topological polar surface area (TPSA) is 90.8 Å². The Bertz CT molecular complexity index is 1200. The Kier molecular flexibility index (Phi) is 5.56. The van der Waals surface area contributed by atoms with E-state index in [0.717, 1.165) is 0 Å². The number of carbonyl (C=O) groups is 1. The predicted octanol–water partition coefficient (Wildman–Crippen LogP) is 4.17. The molecule has 154 valence electrons. The van der Waals surface area contributed by atoms with Crippen LogP contribution in [0.25, 0.3) is 0 Å². The van der Waals surface area contributed by atoms with Crippen molar-refractivity contribution >= 4 is 34.9 Å². The minimum Gasteiger partial charge on any atom is -0.361 e. The fourth-order valence-electron chi connectivity index (χ4n) is 2.88. The zero-order valence-corrected chi connectivity index (χ0v) is 17.2. The summed E-state index contributed by atoms with van der Waals surface area (Å²) in [6, 6.07) is 6.05. The lowest BCUT2D eigenvalue weighted by Crippen LogP contribution is -2.16. The van der Waals surface area contributed by atoms with Crippen LogP contribution >= 0.6 is 23.2 Å². The molecule has 0 saturated heterocycles. The average Bonchev–Trinajstić information content (AvgIpc) is 3.41. The molecule has 3 heterocycles. The number of halogens is 3. The summed E-state index contributed by atoms with van der Waals surface area (Å²) in [4.78, 5) is 12.7. The quantitative estimate of drug-likeness (QED) is 0.477. The summed E-state index contributed by atoms with van der Waals surface area (Å²) in [5, 5.41) is 15.6. The van der Waals surface area contributed by atoms with E-state index in [2.05, 4.69) is 20.7 Å². The first-order chi connectivity index (χ1) is 14.4. The zero-order chi connectivity index (χ0) is 21.3. The SMILES string of the molecule is Cc1onc(C(=O)Nc2ccn(Cc3c(F)cccc3Cl)n2)c1Cn1cc(Cl)cn1. The van der Waals surface area contributed by atoms with Crippen LogP contribution in [-0.2, 0) is 13.1 Å². The van der Waals surface area contributed by atoms with Gasteiger partial charge in [0, 0.05) is 34.6 Å². The van der Waals surface area contributed by atoms with Crippen LogP contribution in [0.5, 0.6) is 0 Å². The molecule has 0 saturated carbocycles. The number of aromatic nitrogens is 5.